The number of aromatic nitrogens is 3. The van der Waals surface area contributed by atoms with Gasteiger partial charge in [-0.1, -0.05) is 18.2 Å². The van der Waals surface area contributed by atoms with Crippen LogP contribution >= 0.6 is 0 Å². The number of rotatable bonds is 5. The molecule has 0 amide bonds. The van der Waals surface area contributed by atoms with Crippen LogP contribution in [0.5, 0.6) is 11.5 Å². The molecule has 2 aromatic heterocycles. The van der Waals surface area contributed by atoms with Gasteiger partial charge < -0.3 is 14.5 Å². The summed E-state index contributed by atoms with van der Waals surface area (Å²) in [4.78, 5) is 24.9. The first-order valence-corrected chi connectivity index (χ1v) is 11.1. The molecule has 8 nitrogen and oxygen atoms in total. The van der Waals surface area contributed by atoms with Crippen molar-refractivity contribution < 1.29 is 17.9 Å². The van der Waals surface area contributed by atoms with Crippen molar-refractivity contribution in [3.8, 4) is 34.3 Å². The highest BCUT2D eigenvalue weighted by atomic mass is 32.2. The molecule has 2 heterocycles. The molecule has 9 heteroatoms. The smallest absolute Gasteiger partial charge is 0.262 e. The van der Waals surface area contributed by atoms with E-state index in [1.807, 2.05) is 0 Å². The third kappa shape index (κ3) is 3.99. The normalized spacial score (nSPS) is 11.5. The minimum atomic E-state index is -3.28. The Morgan fingerprint density at radius 1 is 0.903 bits per heavy atom. The lowest BCUT2D eigenvalue weighted by molar-refractivity contribution is 0.397. The maximum absolute atomic E-state index is 12.7. The predicted octanol–water partition coefficient (Wildman–Crippen LogP) is 3.07. The number of benzene rings is 2. The summed E-state index contributed by atoms with van der Waals surface area (Å²) in [6.07, 6.45) is 1.16. The minimum Gasteiger partial charge on any atom is -0.497 e. The van der Waals surface area contributed by atoms with Crippen LogP contribution in [0.3, 0.4) is 0 Å². The molecule has 0 atom stereocenters. The van der Waals surface area contributed by atoms with Gasteiger partial charge >= 0.3 is 0 Å². The fourth-order valence-corrected chi connectivity index (χ4v) is 3.84. The highest BCUT2D eigenvalue weighted by molar-refractivity contribution is 7.90. The molecule has 4 aromatic rings. The molecule has 0 spiro atoms. The number of fused-ring (bicyclic) bond motifs is 1. The van der Waals surface area contributed by atoms with Crippen LogP contribution in [0, 0.1) is 0 Å². The van der Waals surface area contributed by atoms with Crippen molar-refractivity contribution in [2.24, 2.45) is 0 Å². The maximum atomic E-state index is 12.7. The van der Waals surface area contributed by atoms with E-state index in [-0.39, 0.29) is 10.5 Å². The highest BCUT2D eigenvalue weighted by Gasteiger charge is 2.14. The van der Waals surface area contributed by atoms with E-state index in [0.29, 0.717) is 39.6 Å². The van der Waals surface area contributed by atoms with E-state index in [9.17, 15) is 13.2 Å². The van der Waals surface area contributed by atoms with Crippen molar-refractivity contribution in [2.75, 3.05) is 20.5 Å². The second-order valence-corrected chi connectivity index (χ2v) is 8.86. The van der Waals surface area contributed by atoms with Gasteiger partial charge in [-0.3, -0.25) is 4.79 Å². The lowest BCUT2D eigenvalue weighted by atomic mass is 10.1. The third-order valence-electron chi connectivity index (χ3n) is 4.77. The number of aromatic amines is 1. The van der Waals surface area contributed by atoms with Crippen LogP contribution in [0.1, 0.15) is 0 Å². The highest BCUT2D eigenvalue weighted by Crippen LogP contribution is 2.29. The molecule has 4 rings (SSSR count). The molecule has 0 bridgehead atoms. The van der Waals surface area contributed by atoms with Crippen molar-refractivity contribution in [2.45, 2.75) is 4.90 Å². The first kappa shape index (κ1) is 20.5. The Balaban J connectivity index is 1.81. The maximum Gasteiger partial charge on any atom is 0.262 e. The number of nitrogens with zero attached hydrogens (tertiary/aromatic N) is 2. The van der Waals surface area contributed by atoms with Crippen molar-refractivity contribution in [1.29, 1.82) is 0 Å². The third-order valence-corrected chi connectivity index (χ3v) is 5.90. The monoisotopic (exact) mass is 437 g/mol. The first-order valence-electron chi connectivity index (χ1n) is 9.24. The van der Waals surface area contributed by atoms with Crippen LogP contribution in [-0.4, -0.2) is 43.8 Å². The summed E-state index contributed by atoms with van der Waals surface area (Å²) in [5, 5.41) is 0.319. The van der Waals surface area contributed by atoms with Crippen molar-refractivity contribution >= 4 is 20.7 Å². The molecule has 0 fully saturated rings. The van der Waals surface area contributed by atoms with E-state index in [0.717, 1.165) is 11.8 Å². The number of H-pyrrole nitrogens is 1. The number of hydrogen-bond donors (Lipinski definition) is 1. The van der Waals surface area contributed by atoms with Crippen molar-refractivity contribution in [3.05, 3.63) is 65.0 Å². The van der Waals surface area contributed by atoms with Crippen LogP contribution in [0.4, 0.5) is 0 Å². The Labute approximate surface area is 178 Å². The molecule has 158 valence electrons. The summed E-state index contributed by atoms with van der Waals surface area (Å²) < 4.78 is 33.9. The Bertz CT molecular complexity index is 1440. The van der Waals surface area contributed by atoms with Crippen molar-refractivity contribution in [1.82, 2.24) is 15.0 Å². The zero-order valence-corrected chi connectivity index (χ0v) is 17.9. The molecular formula is C22H19N3O5S. The minimum absolute atomic E-state index is 0.232. The number of sulfone groups is 1. The molecule has 2 aromatic carbocycles. The summed E-state index contributed by atoms with van der Waals surface area (Å²) in [6.45, 7) is 0. The largest absolute Gasteiger partial charge is 0.497 e. The van der Waals surface area contributed by atoms with Gasteiger partial charge in [0.1, 0.15) is 22.6 Å². The number of nitrogens with one attached hydrogen (secondary N) is 1. The quantitative estimate of drug-likeness (QED) is 0.511. The van der Waals surface area contributed by atoms with E-state index in [1.165, 1.54) is 26.4 Å². The van der Waals surface area contributed by atoms with Gasteiger partial charge in [0.2, 0.25) is 0 Å². The van der Waals surface area contributed by atoms with E-state index < -0.39 is 9.84 Å². The molecule has 0 aliphatic rings. The van der Waals surface area contributed by atoms with Crippen LogP contribution < -0.4 is 15.0 Å². The summed E-state index contributed by atoms with van der Waals surface area (Å²) >= 11 is 0. The molecule has 0 unspecified atom stereocenters. The van der Waals surface area contributed by atoms with E-state index in [4.69, 9.17) is 9.47 Å². The van der Waals surface area contributed by atoms with Gasteiger partial charge in [-0.15, -0.1) is 0 Å². The van der Waals surface area contributed by atoms with Gasteiger partial charge in [-0.2, -0.15) is 0 Å². The predicted molar refractivity (Wildman–Crippen MR) is 117 cm³/mol. The van der Waals surface area contributed by atoms with Crippen molar-refractivity contribution in [3.63, 3.8) is 0 Å². The van der Waals surface area contributed by atoms with Gasteiger partial charge in [0.25, 0.3) is 5.56 Å². The Kier molecular flexibility index (Phi) is 5.20. The Hall–Kier alpha value is -3.72. The molecule has 0 radical (unpaired) electrons. The zero-order valence-electron chi connectivity index (χ0n) is 17.0. The number of hydrogen-bond acceptors (Lipinski definition) is 7. The molecule has 0 aliphatic carbocycles. The van der Waals surface area contributed by atoms with Crippen LogP contribution in [0.2, 0.25) is 0 Å². The van der Waals surface area contributed by atoms with Gasteiger partial charge in [-0.25, -0.2) is 18.4 Å². The molecule has 0 saturated heterocycles. The number of ether oxygens (including phenoxy) is 2. The Morgan fingerprint density at radius 3 is 2.26 bits per heavy atom. The lowest BCUT2D eigenvalue weighted by Crippen LogP contribution is -2.11. The lowest BCUT2D eigenvalue weighted by Gasteiger charge is -2.09. The van der Waals surface area contributed by atoms with Gasteiger partial charge in [-0.05, 0) is 24.3 Å². The summed E-state index contributed by atoms with van der Waals surface area (Å²) in [6, 6.07) is 15.0. The zero-order chi connectivity index (χ0) is 22.2. The van der Waals surface area contributed by atoms with E-state index >= 15 is 0 Å². The van der Waals surface area contributed by atoms with Gasteiger partial charge in [0.05, 0.1) is 30.3 Å². The van der Waals surface area contributed by atoms with Crippen LogP contribution in [0.15, 0.2) is 64.3 Å². The topological polar surface area (TPSA) is 111 Å². The molecule has 0 saturated carbocycles. The summed E-state index contributed by atoms with van der Waals surface area (Å²) in [5.74, 6) is 1.17. The average molecular weight is 437 g/mol. The SMILES string of the molecule is COc1cc(OC)c2c(=O)[nH]c(-c3cccc(-c4ccc(S(C)(=O)=O)cc4)n3)nc2c1. The summed E-state index contributed by atoms with van der Waals surface area (Å²) in [5.41, 5.74) is 1.87. The van der Waals surface area contributed by atoms with E-state index in [1.54, 1.807) is 42.5 Å². The number of methoxy groups -OCH3 is 2. The van der Waals surface area contributed by atoms with Gasteiger partial charge in [0.15, 0.2) is 15.7 Å². The fourth-order valence-electron chi connectivity index (χ4n) is 3.21. The summed E-state index contributed by atoms with van der Waals surface area (Å²) in [7, 11) is -0.284. The van der Waals surface area contributed by atoms with Crippen LogP contribution in [-0.2, 0) is 9.84 Å². The molecule has 31 heavy (non-hydrogen) atoms. The molecular weight excluding hydrogens is 418 g/mol. The first-order chi connectivity index (χ1) is 14.8. The van der Waals surface area contributed by atoms with Crippen LogP contribution in [0.25, 0.3) is 33.7 Å². The number of pyridine rings is 1. The Morgan fingerprint density at radius 2 is 1.61 bits per heavy atom. The van der Waals surface area contributed by atoms with Gasteiger partial charge in [0, 0.05) is 24.0 Å². The molecule has 0 aliphatic heterocycles. The second kappa shape index (κ2) is 7.84. The average Bonchev–Trinajstić information content (AvgIpc) is 2.77. The second-order valence-electron chi connectivity index (χ2n) is 6.84. The molecule has 1 N–H and O–H groups in total. The van der Waals surface area contributed by atoms with E-state index in [2.05, 4.69) is 15.0 Å². The fraction of sp³-hybridized carbons (Fsp3) is 0.136. The standard InChI is InChI=1S/C22H19N3O5S/c1-29-14-11-18-20(19(12-14)30-2)22(26)25-21(24-18)17-6-4-5-16(23-17)13-7-9-15(10-8-13)31(3,27)28/h4-12H,1-3H3,(H,24,25,26).